The van der Waals surface area contributed by atoms with Crippen LogP contribution in [0.1, 0.15) is 58.3 Å². The van der Waals surface area contributed by atoms with Gasteiger partial charge in [-0.1, -0.05) is 0 Å². The Hall–Kier alpha value is -7.23. The number of hydrogen-bond acceptors (Lipinski definition) is 15. The van der Waals surface area contributed by atoms with Crippen LogP contribution in [0.2, 0.25) is 0 Å². The number of carboxylic acids is 1. The number of ketones is 3. The Labute approximate surface area is 266 Å². The molecule has 1 aromatic heterocycles. The van der Waals surface area contributed by atoms with Crippen molar-refractivity contribution in [2.45, 2.75) is 0 Å². The van der Waals surface area contributed by atoms with E-state index in [9.17, 15) is 70.2 Å². The van der Waals surface area contributed by atoms with E-state index in [1.165, 1.54) is 0 Å². The highest BCUT2D eigenvalue weighted by molar-refractivity contribution is 6.28. The molecule has 5 aromatic rings. The normalized spacial score (nSPS) is 10.9. The number of rotatable bonds is 8. The van der Waals surface area contributed by atoms with Gasteiger partial charge in [0.1, 0.15) is 11.4 Å². The van der Waals surface area contributed by atoms with Gasteiger partial charge in [-0.05, 0) is 48.5 Å². The standard InChI is InChI=1S/C32H21NO15/c1-48-20-3-2-13-21(22(20)26(40)10-4-14(34)29(43)15(35)5-10)23(32(46)47)24(27(41)11-6-16(36)30(44)17(37)7-11)25(33-13)28(42)12-8-18(38)31(45)19(39)9-12/h2-9,34-39,43-45H,1H3,(H,46,47). The Bertz CT molecular complexity index is 2190. The molecule has 0 amide bonds. The van der Waals surface area contributed by atoms with Crippen LogP contribution < -0.4 is 4.74 Å². The first kappa shape index (κ1) is 32.2. The van der Waals surface area contributed by atoms with Gasteiger partial charge in [-0.2, -0.15) is 0 Å². The summed E-state index contributed by atoms with van der Waals surface area (Å²) in [5.74, 6) is -14.9. The molecule has 0 bridgehead atoms. The van der Waals surface area contributed by atoms with Crippen molar-refractivity contribution < 1.29 is 75.0 Å². The SMILES string of the molecule is COc1ccc2nc(C(=O)c3cc(O)c(O)c(O)c3)c(C(=O)c3cc(O)c(O)c(O)c3)c(C(=O)O)c2c1C(=O)c1cc(O)c(O)c(O)c1. The van der Waals surface area contributed by atoms with Gasteiger partial charge in [0.15, 0.2) is 63.3 Å². The van der Waals surface area contributed by atoms with E-state index < -0.39 is 125 Å². The number of phenolic OH excluding ortho intramolecular Hbond substituents is 9. The lowest BCUT2D eigenvalue weighted by atomic mass is 9.87. The first-order chi connectivity index (χ1) is 22.6. The van der Waals surface area contributed by atoms with E-state index >= 15 is 0 Å². The number of pyridine rings is 1. The summed E-state index contributed by atoms with van der Waals surface area (Å²) < 4.78 is 5.29. The molecule has 0 spiro atoms. The predicted octanol–water partition coefficient (Wildman–Crippen LogP) is 2.99. The van der Waals surface area contributed by atoms with Gasteiger partial charge in [-0.3, -0.25) is 14.4 Å². The molecule has 0 aliphatic rings. The van der Waals surface area contributed by atoms with Gasteiger partial charge >= 0.3 is 5.97 Å². The molecule has 0 radical (unpaired) electrons. The number of carboxylic acid groups (broad SMARTS) is 1. The first-order valence-electron chi connectivity index (χ1n) is 13.2. The zero-order valence-corrected chi connectivity index (χ0v) is 24.1. The third kappa shape index (κ3) is 5.14. The minimum atomic E-state index is -1.93. The second-order valence-corrected chi connectivity index (χ2v) is 10.1. The average Bonchev–Trinajstić information content (AvgIpc) is 3.05. The van der Waals surface area contributed by atoms with Crippen molar-refractivity contribution in [1.29, 1.82) is 0 Å². The van der Waals surface area contributed by atoms with Crippen LogP contribution in [0.3, 0.4) is 0 Å². The Balaban J connectivity index is 1.95. The number of carbonyl (C=O) groups excluding carboxylic acids is 3. The molecule has 5 rings (SSSR count). The molecule has 0 atom stereocenters. The molecule has 4 aromatic carbocycles. The zero-order valence-electron chi connectivity index (χ0n) is 24.1. The van der Waals surface area contributed by atoms with Gasteiger partial charge in [0.2, 0.25) is 5.78 Å². The summed E-state index contributed by atoms with van der Waals surface area (Å²) in [5.41, 5.74) is -5.83. The third-order valence-electron chi connectivity index (χ3n) is 7.21. The molecular formula is C32H21NO15. The van der Waals surface area contributed by atoms with Gasteiger partial charge in [0, 0.05) is 22.1 Å². The Kier molecular flexibility index (Phi) is 7.78. The summed E-state index contributed by atoms with van der Waals surface area (Å²) in [4.78, 5) is 59.1. The monoisotopic (exact) mass is 659 g/mol. The Morgan fingerprint density at radius 2 is 0.917 bits per heavy atom. The fourth-order valence-electron chi connectivity index (χ4n) is 4.96. The quantitative estimate of drug-likeness (QED) is 0.0845. The fourth-order valence-corrected chi connectivity index (χ4v) is 4.96. The summed E-state index contributed by atoms with van der Waals surface area (Å²) in [6, 6.07) is 6.42. The van der Waals surface area contributed by atoms with Gasteiger partial charge in [0.25, 0.3) is 0 Å². The van der Waals surface area contributed by atoms with Crippen molar-refractivity contribution in [2.75, 3.05) is 7.11 Å². The summed E-state index contributed by atoms with van der Waals surface area (Å²) in [7, 11) is 1.10. The molecule has 1 heterocycles. The van der Waals surface area contributed by atoms with E-state index in [4.69, 9.17) is 4.74 Å². The molecule has 16 heteroatoms. The Morgan fingerprint density at radius 3 is 1.29 bits per heavy atom. The van der Waals surface area contributed by atoms with E-state index in [1.54, 1.807) is 0 Å². The van der Waals surface area contributed by atoms with Crippen LogP contribution in [0.4, 0.5) is 0 Å². The number of fused-ring (bicyclic) bond motifs is 1. The summed E-state index contributed by atoms with van der Waals surface area (Å²) in [6.45, 7) is 0. The predicted molar refractivity (Wildman–Crippen MR) is 160 cm³/mol. The van der Waals surface area contributed by atoms with Crippen LogP contribution in [0.5, 0.6) is 57.5 Å². The van der Waals surface area contributed by atoms with E-state index in [0.717, 1.165) is 31.4 Å². The second kappa shape index (κ2) is 11.6. The maximum absolute atomic E-state index is 14.1. The maximum Gasteiger partial charge on any atom is 0.337 e. The minimum absolute atomic E-state index is 0.311. The third-order valence-corrected chi connectivity index (χ3v) is 7.21. The summed E-state index contributed by atoms with van der Waals surface area (Å²) in [5, 5.41) is 99.6. The highest BCUT2D eigenvalue weighted by Gasteiger charge is 2.34. The zero-order chi connectivity index (χ0) is 35.4. The number of aromatic hydroxyl groups is 9. The second-order valence-electron chi connectivity index (χ2n) is 10.1. The molecule has 0 saturated heterocycles. The molecular weight excluding hydrogens is 638 g/mol. The minimum Gasteiger partial charge on any atom is -0.504 e. The van der Waals surface area contributed by atoms with E-state index in [2.05, 4.69) is 4.98 Å². The van der Waals surface area contributed by atoms with Crippen molar-refractivity contribution >= 4 is 34.2 Å². The van der Waals surface area contributed by atoms with Gasteiger partial charge in [-0.25, -0.2) is 9.78 Å². The van der Waals surface area contributed by atoms with Crippen molar-refractivity contribution in [2.24, 2.45) is 0 Å². The molecule has 16 nitrogen and oxygen atoms in total. The molecule has 0 aliphatic carbocycles. The fraction of sp³-hybridized carbons (Fsp3) is 0.0312. The van der Waals surface area contributed by atoms with E-state index in [-0.39, 0.29) is 5.75 Å². The summed E-state index contributed by atoms with van der Waals surface area (Å²) in [6.07, 6.45) is 0. The van der Waals surface area contributed by atoms with Crippen LogP contribution in [0.25, 0.3) is 10.9 Å². The van der Waals surface area contributed by atoms with Crippen molar-refractivity contribution in [3.63, 3.8) is 0 Å². The smallest absolute Gasteiger partial charge is 0.337 e. The average molecular weight is 660 g/mol. The van der Waals surface area contributed by atoms with Crippen molar-refractivity contribution in [1.82, 2.24) is 4.98 Å². The summed E-state index contributed by atoms with van der Waals surface area (Å²) >= 11 is 0. The number of hydrogen-bond donors (Lipinski definition) is 10. The molecule has 244 valence electrons. The Morgan fingerprint density at radius 1 is 0.542 bits per heavy atom. The van der Waals surface area contributed by atoms with Gasteiger partial charge in [0.05, 0.1) is 29.3 Å². The largest absolute Gasteiger partial charge is 0.504 e. The lowest BCUT2D eigenvalue weighted by molar-refractivity contribution is 0.0694. The van der Waals surface area contributed by atoms with Gasteiger partial charge < -0.3 is 55.8 Å². The molecule has 0 fully saturated rings. The first-order valence-corrected chi connectivity index (χ1v) is 13.2. The van der Waals surface area contributed by atoms with Crippen LogP contribution >= 0.6 is 0 Å². The lowest BCUT2D eigenvalue weighted by Gasteiger charge is -2.18. The van der Waals surface area contributed by atoms with Crippen molar-refractivity contribution in [3.05, 3.63) is 87.6 Å². The van der Waals surface area contributed by atoms with E-state index in [1.807, 2.05) is 0 Å². The van der Waals surface area contributed by atoms with Gasteiger partial charge in [-0.15, -0.1) is 0 Å². The molecule has 48 heavy (non-hydrogen) atoms. The number of aromatic nitrogens is 1. The number of aromatic carboxylic acids is 1. The van der Waals surface area contributed by atoms with Crippen LogP contribution in [0, 0.1) is 0 Å². The highest BCUT2D eigenvalue weighted by Crippen LogP contribution is 2.42. The number of phenols is 9. The highest BCUT2D eigenvalue weighted by atomic mass is 16.5. The topological polar surface area (TPSA) is 293 Å². The molecule has 10 N–H and O–H groups in total. The number of carbonyl (C=O) groups is 4. The van der Waals surface area contributed by atoms with E-state index in [0.29, 0.717) is 24.3 Å². The lowest BCUT2D eigenvalue weighted by Crippen LogP contribution is -2.20. The number of benzene rings is 4. The number of nitrogens with zero attached hydrogens (tertiary/aromatic N) is 1. The van der Waals surface area contributed by atoms with Crippen molar-refractivity contribution in [3.8, 4) is 57.5 Å². The van der Waals surface area contributed by atoms with Crippen LogP contribution in [0.15, 0.2) is 48.5 Å². The van der Waals surface area contributed by atoms with Crippen LogP contribution in [-0.2, 0) is 0 Å². The number of methoxy groups -OCH3 is 1. The molecule has 0 unspecified atom stereocenters. The maximum atomic E-state index is 14.1. The molecule has 0 saturated carbocycles. The van der Waals surface area contributed by atoms with Crippen LogP contribution in [-0.4, -0.2) is 86.5 Å². The molecule has 0 aliphatic heterocycles. The number of ether oxygens (including phenoxy) is 1.